The summed E-state index contributed by atoms with van der Waals surface area (Å²) in [6.07, 6.45) is 2.79. The average Bonchev–Trinajstić information content (AvgIpc) is 2.83. The van der Waals surface area contributed by atoms with E-state index >= 15 is 0 Å². The summed E-state index contributed by atoms with van der Waals surface area (Å²) < 4.78 is 5.60. The van der Waals surface area contributed by atoms with Crippen molar-refractivity contribution in [2.45, 2.75) is 38.6 Å². The van der Waals surface area contributed by atoms with Crippen LogP contribution in [-0.4, -0.2) is 35.0 Å². The van der Waals surface area contributed by atoms with E-state index in [1.807, 2.05) is 23.1 Å². The van der Waals surface area contributed by atoms with Crippen LogP contribution in [0.5, 0.6) is 5.75 Å². The number of aryl methyl sites for hydroxylation is 2. The molecule has 1 aliphatic rings. The number of hydrogen-bond donors (Lipinski definition) is 1. The van der Waals surface area contributed by atoms with Crippen molar-refractivity contribution >= 4 is 23.5 Å². The van der Waals surface area contributed by atoms with Crippen molar-refractivity contribution < 1.29 is 19.4 Å². The van der Waals surface area contributed by atoms with E-state index in [9.17, 15) is 9.59 Å². The monoisotopic (exact) mass is 477 g/mol. The molecule has 6 heteroatoms. The van der Waals surface area contributed by atoms with E-state index in [2.05, 4.69) is 37.3 Å². The molecular weight excluding hydrogens is 450 g/mol. The molecule has 4 rings (SSSR count). The van der Waals surface area contributed by atoms with Crippen LogP contribution in [0, 0.1) is 6.92 Å². The molecule has 176 valence electrons. The molecule has 0 saturated heterocycles. The third-order valence-electron chi connectivity index (χ3n) is 6.20. The first kappa shape index (κ1) is 23.8. The Bertz CT molecular complexity index is 1180. The van der Waals surface area contributed by atoms with Gasteiger partial charge in [-0.05, 0) is 61.1 Å². The van der Waals surface area contributed by atoms with Crippen LogP contribution in [0.15, 0.2) is 66.7 Å². The van der Waals surface area contributed by atoms with Crippen LogP contribution in [0.3, 0.4) is 0 Å². The maximum atomic E-state index is 13.5. The minimum atomic E-state index is -1.06. The summed E-state index contributed by atoms with van der Waals surface area (Å²) in [5, 5.41) is 9.63. The lowest BCUT2D eigenvalue weighted by Gasteiger charge is -2.38. The van der Waals surface area contributed by atoms with Crippen LogP contribution >= 0.6 is 11.6 Å². The van der Waals surface area contributed by atoms with Gasteiger partial charge >= 0.3 is 5.97 Å². The van der Waals surface area contributed by atoms with Crippen LogP contribution in [0.4, 0.5) is 0 Å². The maximum Gasteiger partial charge on any atom is 0.341 e. The molecule has 0 saturated carbocycles. The molecule has 3 aromatic carbocycles. The Hall–Kier alpha value is -3.31. The predicted octanol–water partition coefficient (Wildman–Crippen LogP) is 5.61. The molecule has 34 heavy (non-hydrogen) atoms. The largest absolute Gasteiger partial charge is 0.482 e. The van der Waals surface area contributed by atoms with Crippen molar-refractivity contribution in [1.82, 2.24) is 4.90 Å². The van der Waals surface area contributed by atoms with Crippen molar-refractivity contribution in [3.63, 3.8) is 0 Å². The first-order valence-electron chi connectivity index (χ1n) is 11.5. The Balaban J connectivity index is 1.61. The highest BCUT2D eigenvalue weighted by molar-refractivity contribution is 6.30. The van der Waals surface area contributed by atoms with Gasteiger partial charge in [0.25, 0.3) is 0 Å². The molecule has 1 amide bonds. The van der Waals surface area contributed by atoms with Crippen LogP contribution < -0.4 is 4.74 Å². The highest BCUT2D eigenvalue weighted by atomic mass is 35.5. The molecule has 1 unspecified atom stereocenters. The molecule has 0 fully saturated rings. The number of carboxylic acids is 1. The number of amides is 1. The molecule has 5 nitrogen and oxygen atoms in total. The summed E-state index contributed by atoms with van der Waals surface area (Å²) in [5.74, 6) is -0.573. The predicted molar refractivity (Wildman–Crippen MR) is 132 cm³/mol. The van der Waals surface area contributed by atoms with Crippen molar-refractivity contribution in [1.29, 1.82) is 0 Å². The van der Waals surface area contributed by atoms with Gasteiger partial charge in [-0.25, -0.2) is 4.79 Å². The Morgan fingerprint density at radius 2 is 1.82 bits per heavy atom. The normalized spacial score (nSPS) is 15.0. The van der Waals surface area contributed by atoms with Gasteiger partial charge in [0.15, 0.2) is 6.61 Å². The molecule has 0 bridgehead atoms. The number of nitrogens with zero attached hydrogens (tertiary/aromatic N) is 1. The van der Waals surface area contributed by atoms with E-state index in [1.165, 1.54) is 16.7 Å². The second kappa shape index (κ2) is 10.7. The van der Waals surface area contributed by atoms with E-state index in [1.54, 1.807) is 18.2 Å². The van der Waals surface area contributed by atoms with E-state index in [0.29, 0.717) is 29.3 Å². The number of rotatable bonds is 8. The van der Waals surface area contributed by atoms with Crippen molar-refractivity contribution in [3.8, 4) is 5.75 Å². The zero-order valence-corrected chi connectivity index (χ0v) is 19.9. The van der Waals surface area contributed by atoms with Gasteiger partial charge in [0.05, 0.1) is 6.04 Å². The summed E-state index contributed by atoms with van der Waals surface area (Å²) in [5.41, 5.74) is 5.33. The zero-order chi connectivity index (χ0) is 24.1. The molecule has 3 aromatic rings. The Morgan fingerprint density at radius 1 is 1.06 bits per heavy atom. The number of ether oxygens (including phenoxy) is 1. The fourth-order valence-corrected chi connectivity index (χ4v) is 4.70. The van der Waals surface area contributed by atoms with Gasteiger partial charge in [-0.15, -0.1) is 0 Å². The number of hydrogen-bond acceptors (Lipinski definition) is 3. The molecule has 0 aliphatic carbocycles. The zero-order valence-electron chi connectivity index (χ0n) is 19.2. The number of carbonyl (C=O) groups excluding carboxylic acids is 1. The molecular formula is C28H28ClNO4. The van der Waals surface area contributed by atoms with E-state index in [-0.39, 0.29) is 11.9 Å². The Kier molecular flexibility index (Phi) is 7.53. The quantitative estimate of drug-likeness (QED) is 0.458. The molecule has 0 radical (unpaired) electrons. The van der Waals surface area contributed by atoms with E-state index in [0.717, 1.165) is 24.8 Å². The molecule has 1 heterocycles. The first-order chi connectivity index (χ1) is 16.4. The second-order valence-corrected chi connectivity index (χ2v) is 9.08. The SMILES string of the molecule is Cc1ccc(CCCC(=O)N2CCc3ccccc3C2c2cc(Cl)ccc2OCC(=O)O)cc1. The van der Waals surface area contributed by atoms with Crippen LogP contribution in [0.25, 0.3) is 0 Å². The Morgan fingerprint density at radius 3 is 2.59 bits per heavy atom. The summed E-state index contributed by atoms with van der Waals surface area (Å²) in [4.78, 5) is 26.5. The van der Waals surface area contributed by atoms with Gasteiger partial charge in [0.1, 0.15) is 5.75 Å². The molecule has 1 N–H and O–H groups in total. The lowest BCUT2D eigenvalue weighted by molar-refractivity contribution is -0.139. The van der Waals surface area contributed by atoms with Crippen LogP contribution in [0.1, 0.15) is 46.7 Å². The lowest BCUT2D eigenvalue weighted by atomic mass is 9.87. The van der Waals surface area contributed by atoms with Crippen molar-refractivity contribution in [3.05, 3.63) is 99.6 Å². The van der Waals surface area contributed by atoms with Gasteiger partial charge in [-0.1, -0.05) is 65.7 Å². The topological polar surface area (TPSA) is 66.8 Å². The van der Waals surface area contributed by atoms with Gasteiger partial charge in [0, 0.05) is 23.6 Å². The number of carbonyl (C=O) groups is 2. The first-order valence-corrected chi connectivity index (χ1v) is 11.9. The summed E-state index contributed by atoms with van der Waals surface area (Å²) >= 11 is 6.34. The highest BCUT2D eigenvalue weighted by Crippen LogP contribution is 2.40. The smallest absolute Gasteiger partial charge is 0.341 e. The third kappa shape index (κ3) is 5.60. The standard InChI is InChI=1S/C28H28ClNO4/c1-19-9-11-20(12-10-19)5-4-8-26(31)30-16-15-21-6-2-3-7-23(21)28(30)24-17-22(29)13-14-25(24)34-18-27(32)33/h2-3,6-7,9-14,17,28H,4-5,8,15-16,18H2,1H3,(H,32,33). The average molecular weight is 478 g/mol. The number of carboxylic acid groups (broad SMARTS) is 1. The van der Waals surface area contributed by atoms with Gasteiger partial charge in [0.2, 0.25) is 5.91 Å². The third-order valence-corrected chi connectivity index (χ3v) is 6.43. The van der Waals surface area contributed by atoms with Gasteiger partial charge in [-0.2, -0.15) is 0 Å². The van der Waals surface area contributed by atoms with Crippen molar-refractivity contribution in [2.24, 2.45) is 0 Å². The molecule has 0 spiro atoms. The fourth-order valence-electron chi connectivity index (χ4n) is 4.52. The summed E-state index contributed by atoms with van der Waals surface area (Å²) in [7, 11) is 0. The lowest BCUT2D eigenvalue weighted by Crippen LogP contribution is -2.40. The number of benzene rings is 3. The minimum Gasteiger partial charge on any atom is -0.482 e. The highest BCUT2D eigenvalue weighted by Gasteiger charge is 2.33. The second-order valence-electron chi connectivity index (χ2n) is 8.64. The summed E-state index contributed by atoms with van der Waals surface area (Å²) in [6, 6.07) is 21.2. The van der Waals surface area contributed by atoms with Crippen LogP contribution in [-0.2, 0) is 22.4 Å². The number of halogens is 1. The summed E-state index contributed by atoms with van der Waals surface area (Å²) in [6.45, 7) is 2.18. The van der Waals surface area contributed by atoms with Gasteiger partial charge in [-0.3, -0.25) is 4.79 Å². The minimum absolute atomic E-state index is 0.0655. The van der Waals surface area contributed by atoms with E-state index in [4.69, 9.17) is 21.4 Å². The van der Waals surface area contributed by atoms with Crippen molar-refractivity contribution in [2.75, 3.05) is 13.2 Å². The number of fused-ring (bicyclic) bond motifs is 1. The van der Waals surface area contributed by atoms with Gasteiger partial charge < -0.3 is 14.7 Å². The molecule has 1 atom stereocenters. The number of aliphatic carboxylic acids is 1. The van der Waals surface area contributed by atoms with Crippen LogP contribution in [0.2, 0.25) is 5.02 Å². The van der Waals surface area contributed by atoms with E-state index < -0.39 is 12.6 Å². The molecule has 0 aromatic heterocycles. The molecule has 1 aliphatic heterocycles. The maximum absolute atomic E-state index is 13.5. The Labute approximate surface area is 204 Å². The fraction of sp³-hybridized carbons (Fsp3) is 0.286.